The zero-order valence-electron chi connectivity index (χ0n) is 15.9. The summed E-state index contributed by atoms with van der Waals surface area (Å²) in [6.45, 7) is 6.14. The average Bonchev–Trinajstić information content (AvgIpc) is 2.94. The summed E-state index contributed by atoms with van der Waals surface area (Å²) in [4.78, 5) is 27.1. The second-order valence-corrected chi connectivity index (χ2v) is 6.04. The van der Waals surface area contributed by atoms with Crippen molar-refractivity contribution in [3.05, 3.63) is 72.4 Å². The first-order chi connectivity index (χ1) is 13.6. The first kappa shape index (κ1) is 19.2. The van der Waals surface area contributed by atoms with Gasteiger partial charge in [-0.15, -0.1) is 6.58 Å². The Morgan fingerprint density at radius 1 is 1.07 bits per heavy atom. The Bertz CT molecular complexity index is 932. The molecule has 0 saturated heterocycles. The molecule has 0 saturated carbocycles. The Morgan fingerprint density at radius 3 is 2.43 bits per heavy atom. The molecule has 0 radical (unpaired) electrons. The number of amides is 2. The fraction of sp³-hybridized carbons (Fsp3) is 0.182. The molecule has 28 heavy (non-hydrogen) atoms. The highest BCUT2D eigenvalue weighted by Gasteiger charge is 2.38. The van der Waals surface area contributed by atoms with Crippen molar-refractivity contribution in [2.24, 2.45) is 0 Å². The maximum atomic E-state index is 13.0. The number of rotatable bonds is 8. The third-order valence-electron chi connectivity index (χ3n) is 4.30. The Labute approximate surface area is 164 Å². The number of methoxy groups -OCH3 is 1. The third kappa shape index (κ3) is 3.62. The number of carbonyl (C=O) groups is 2. The lowest BCUT2D eigenvalue weighted by Gasteiger charge is -2.14. The molecule has 2 amide bonds. The molecule has 0 bridgehead atoms. The second-order valence-electron chi connectivity index (χ2n) is 6.04. The molecule has 1 heterocycles. The molecule has 0 unspecified atom stereocenters. The van der Waals surface area contributed by atoms with Crippen LogP contribution in [0.25, 0.3) is 5.57 Å². The van der Waals surface area contributed by atoms with Gasteiger partial charge in [-0.2, -0.15) is 0 Å². The van der Waals surface area contributed by atoms with Gasteiger partial charge >= 0.3 is 0 Å². The summed E-state index contributed by atoms with van der Waals surface area (Å²) in [6, 6.07) is 14.3. The molecule has 0 aliphatic carbocycles. The van der Waals surface area contributed by atoms with Crippen molar-refractivity contribution in [1.29, 1.82) is 0 Å². The maximum Gasteiger partial charge on any atom is 0.278 e. The van der Waals surface area contributed by atoms with Crippen molar-refractivity contribution in [3.63, 3.8) is 0 Å². The largest absolute Gasteiger partial charge is 0.497 e. The van der Waals surface area contributed by atoms with Gasteiger partial charge in [-0.25, -0.2) is 0 Å². The van der Waals surface area contributed by atoms with Crippen LogP contribution >= 0.6 is 0 Å². The number of benzene rings is 2. The number of imide groups is 1. The quantitative estimate of drug-likeness (QED) is 0.563. The predicted molar refractivity (Wildman–Crippen MR) is 108 cm³/mol. The lowest BCUT2D eigenvalue weighted by molar-refractivity contribution is -0.136. The van der Waals surface area contributed by atoms with Gasteiger partial charge in [0.2, 0.25) is 0 Å². The zero-order valence-corrected chi connectivity index (χ0v) is 15.9. The van der Waals surface area contributed by atoms with Gasteiger partial charge in [0.05, 0.1) is 25.0 Å². The SMILES string of the molecule is C=CCN1C(=O)C(Nc2ccccc2OCC)=C(c2ccc(OC)cc2)C1=O. The first-order valence-electron chi connectivity index (χ1n) is 8.95. The average molecular weight is 378 g/mol. The molecule has 0 aromatic heterocycles. The van der Waals surface area contributed by atoms with E-state index >= 15 is 0 Å². The van der Waals surface area contributed by atoms with Crippen molar-refractivity contribution < 1.29 is 19.1 Å². The summed E-state index contributed by atoms with van der Waals surface area (Å²) in [5, 5.41) is 3.12. The van der Waals surface area contributed by atoms with Crippen LogP contribution in [0.3, 0.4) is 0 Å². The minimum Gasteiger partial charge on any atom is -0.497 e. The minimum absolute atomic E-state index is 0.135. The van der Waals surface area contributed by atoms with Crippen molar-refractivity contribution >= 4 is 23.1 Å². The van der Waals surface area contributed by atoms with Gasteiger partial charge in [-0.1, -0.05) is 30.3 Å². The number of nitrogens with one attached hydrogen (secondary N) is 1. The van der Waals surface area contributed by atoms with E-state index in [1.165, 1.54) is 6.08 Å². The van der Waals surface area contributed by atoms with Crippen molar-refractivity contribution in [1.82, 2.24) is 4.90 Å². The normalized spacial score (nSPS) is 13.7. The topological polar surface area (TPSA) is 67.9 Å². The maximum absolute atomic E-state index is 13.0. The standard InChI is InChI=1S/C22H22N2O4/c1-4-14-24-21(25)19(15-10-12-16(27-3)13-11-15)20(22(24)26)23-17-8-6-7-9-18(17)28-5-2/h4,6-13,23H,1,5,14H2,2-3H3. The van der Waals surface area contributed by atoms with Gasteiger partial charge < -0.3 is 14.8 Å². The Balaban J connectivity index is 2.07. The van der Waals surface area contributed by atoms with Gasteiger partial charge in [0.25, 0.3) is 11.8 Å². The van der Waals surface area contributed by atoms with E-state index < -0.39 is 5.91 Å². The number of hydrogen-bond acceptors (Lipinski definition) is 5. The van der Waals surface area contributed by atoms with Crippen LogP contribution < -0.4 is 14.8 Å². The van der Waals surface area contributed by atoms with E-state index in [4.69, 9.17) is 9.47 Å². The Kier molecular flexibility index (Phi) is 5.79. The number of nitrogens with zero attached hydrogens (tertiary/aromatic N) is 1. The lowest BCUT2D eigenvalue weighted by atomic mass is 10.0. The van der Waals surface area contributed by atoms with E-state index in [1.807, 2.05) is 25.1 Å². The van der Waals surface area contributed by atoms with E-state index in [0.29, 0.717) is 34.9 Å². The van der Waals surface area contributed by atoms with E-state index in [0.717, 1.165) is 4.90 Å². The van der Waals surface area contributed by atoms with Gasteiger partial charge in [0.15, 0.2) is 0 Å². The van der Waals surface area contributed by atoms with E-state index in [1.54, 1.807) is 37.4 Å². The number of carbonyl (C=O) groups excluding carboxylic acids is 2. The summed E-state index contributed by atoms with van der Waals surface area (Å²) >= 11 is 0. The third-order valence-corrected chi connectivity index (χ3v) is 4.30. The molecule has 1 aliphatic heterocycles. The summed E-state index contributed by atoms with van der Waals surface area (Å²) in [6.07, 6.45) is 1.53. The summed E-state index contributed by atoms with van der Waals surface area (Å²) in [7, 11) is 1.57. The van der Waals surface area contributed by atoms with Crippen LogP contribution in [0.1, 0.15) is 12.5 Å². The molecule has 0 atom stereocenters. The zero-order chi connectivity index (χ0) is 20.1. The van der Waals surface area contributed by atoms with Gasteiger partial charge in [-0.05, 0) is 36.8 Å². The second kappa shape index (κ2) is 8.43. The number of anilines is 1. The fourth-order valence-corrected chi connectivity index (χ4v) is 3.00. The highest BCUT2D eigenvalue weighted by Crippen LogP contribution is 2.33. The highest BCUT2D eigenvalue weighted by atomic mass is 16.5. The molecule has 2 aromatic rings. The summed E-state index contributed by atoms with van der Waals surface area (Å²) in [5.41, 5.74) is 1.76. The van der Waals surface area contributed by atoms with Crippen molar-refractivity contribution in [2.75, 3.05) is 25.6 Å². The van der Waals surface area contributed by atoms with E-state index in [9.17, 15) is 9.59 Å². The molecule has 6 nitrogen and oxygen atoms in total. The smallest absolute Gasteiger partial charge is 0.278 e. The molecule has 0 fully saturated rings. The molecule has 144 valence electrons. The molecule has 3 rings (SSSR count). The van der Waals surface area contributed by atoms with E-state index in [-0.39, 0.29) is 18.1 Å². The van der Waals surface area contributed by atoms with Crippen molar-refractivity contribution in [3.8, 4) is 11.5 Å². The molecule has 6 heteroatoms. The highest BCUT2D eigenvalue weighted by molar-refractivity contribution is 6.36. The van der Waals surface area contributed by atoms with Gasteiger partial charge in [-0.3, -0.25) is 14.5 Å². The number of hydrogen-bond donors (Lipinski definition) is 1. The monoisotopic (exact) mass is 378 g/mol. The predicted octanol–water partition coefficient (Wildman–Crippen LogP) is 3.47. The molecule has 0 spiro atoms. The van der Waals surface area contributed by atoms with Crippen LogP contribution in [-0.2, 0) is 9.59 Å². The minimum atomic E-state index is -0.401. The first-order valence-corrected chi connectivity index (χ1v) is 8.95. The summed E-state index contributed by atoms with van der Waals surface area (Å²) in [5.74, 6) is 0.503. The molecular weight excluding hydrogens is 356 g/mol. The Morgan fingerprint density at radius 2 is 1.79 bits per heavy atom. The van der Waals surface area contributed by atoms with Crippen LogP contribution in [0, 0.1) is 0 Å². The van der Waals surface area contributed by atoms with Crippen LogP contribution in [0.4, 0.5) is 5.69 Å². The van der Waals surface area contributed by atoms with Crippen LogP contribution in [0.5, 0.6) is 11.5 Å². The van der Waals surface area contributed by atoms with Gasteiger partial charge in [0.1, 0.15) is 17.2 Å². The molecular formula is C22H22N2O4. The number of para-hydroxylation sites is 2. The molecule has 1 aliphatic rings. The molecule has 2 aromatic carbocycles. The van der Waals surface area contributed by atoms with Gasteiger partial charge in [0, 0.05) is 6.54 Å². The van der Waals surface area contributed by atoms with E-state index in [2.05, 4.69) is 11.9 Å². The van der Waals surface area contributed by atoms with Crippen LogP contribution in [0.2, 0.25) is 0 Å². The van der Waals surface area contributed by atoms with Crippen LogP contribution in [-0.4, -0.2) is 37.0 Å². The van der Waals surface area contributed by atoms with Crippen LogP contribution in [0.15, 0.2) is 66.9 Å². The number of ether oxygens (including phenoxy) is 2. The summed E-state index contributed by atoms with van der Waals surface area (Å²) < 4.78 is 10.8. The fourth-order valence-electron chi connectivity index (χ4n) is 3.00. The lowest BCUT2D eigenvalue weighted by Crippen LogP contribution is -2.32. The Hall–Kier alpha value is -3.54. The molecule has 1 N–H and O–H groups in total. The van der Waals surface area contributed by atoms with Crippen molar-refractivity contribution in [2.45, 2.75) is 6.92 Å².